The molecule has 2 aliphatic rings. The first kappa shape index (κ1) is 41.9. The zero-order valence-electron chi connectivity index (χ0n) is 39.8. The summed E-state index contributed by atoms with van der Waals surface area (Å²) in [6, 6.07) is 75.7. The van der Waals surface area contributed by atoms with Gasteiger partial charge in [-0.05, 0) is 125 Å². The lowest BCUT2D eigenvalue weighted by molar-refractivity contribution is 0.588. The number of anilines is 3. The van der Waals surface area contributed by atoms with E-state index in [0.29, 0.717) is 0 Å². The molecule has 0 bridgehead atoms. The van der Waals surface area contributed by atoms with Crippen LogP contribution in [0.1, 0.15) is 58.2 Å². The maximum absolute atomic E-state index is 5.16. The SMILES string of the molecule is CC(C)(C)c1cc(N2CN(Cc3ccccc3)c3ccccc32)cc([Si]2(c3ccc4c5cc(-c6ccccc6)ccc5n(-c5cc(C(C)(C)C)ccn5)c4c3)c3ccccc3-c3ccccc32)c1. The van der Waals surface area contributed by atoms with Crippen molar-refractivity contribution in [3.63, 3.8) is 0 Å². The summed E-state index contributed by atoms with van der Waals surface area (Å²) < 4.78 is 2.44. The van der Waals surface area contributed by atoms with Gasteiger partial charge in [0.2, 0.25) is 0 Å². The molecule has 0 radical (unpaired) electrons. The van der Waals surface area contributed by atoms with Crippen molar-refractivity contribution in [1.29, 1.82) is 0 Å². The number of fused-ring (bicyclic) bond motifs is 7. The van der Waals surface area contributed by atoms with Crippen LogP contribution in [0.25, 0.3) is 49.9 Å². The van der Waals surface area contributed by atoms with E-state index < -0.39 is 8.07 Å². The second kappa shape index (κ2) is 15.8. The first-order chi connectivity index (χ1) is 33.0. The van der Waals surface area contributed by atoms with E-state index in [4.69, 9.17) is 4.98 Å². The fourth-order valence-electron chi connectivity index (χ4n) is 11.2. The first-order valence-corrected chi connectivity index (χ1v) is 26.1. The van der Waals surface area contributed by atoms with Crippen LogP contribution in [-0.4, -0.2) is 24.3 Å². The fourth-order valence-corrected chi connectivity index (χ4v) is 16.4. The largest absolute Gasteiger partial charge is 0.347 e. The maximum Gasteiger partial charge on any atom is 0.181 e. The molecule has 8 aromatic carbocycles. The van der Waals surface area contributed by atoms with E-state index in [1.807, 2.05) is 6.20 Å². The molecule has 0 N–H and O–H groups in total. The number of aromatic nitrogens is 2. The summed E-state index contributed by atoms with van der Waals surface area (Å²) in [4.78, 5) is 10.2. The fraction of sp³-hybridized carbons (Fsp3) is 0.159. The van der Waals surface area contributed by atoms with Crippen molar-refractivity contribution in [2.24, 2.45) is 0 Å². The molecule has 10 aromatic rings. The van der Waals surface area contributed by atoms with Gasteiger partial charge in [0.15, 0.2) is 8.07 Å². The average Bonchev–Trinajstić information content (AvgIpc) is 4.00. The van der Waals surface area contributed by atoms with Crippen LogP contribution < -0.4 is 30.5 Å². The minimum absolute atomic E-state index is 0.0411. The van der Waals surface area contributed by atoms with Gasteiger partial charge < -0.3 is 9.80 Å². The van der Waals surface area contributed by atoms with Gasteiger partial charge >= 0.3 is 0 Å². The number of hydrogen-bond acceptors (Lipinski definition) is 3. The molecule has 0 amide bonds. The topological polar surface area (TPSA) is 24.3 Å². The molecule has 0 saturated carbocycles. The highest BCUT2D eigenvalue weighted by molar-refractivity contribution is 7.22. The molecule has 4 nitrogen and oxygen atoms in total. The number of benzene rings is 8. The van der Waals surface area contributed by atoms with Gasteiger partial charge in [-0.2, -0.15) is 0 Å². The van der Waals surface area contributed by atoms with Crippen LogP contribution in [0, 0.1) is 0 Å². The summed E-state index contributed by atoms with van der Waals surface area (Å²) in [7, 11) is -3.06. The maximum atomic E-state index is 5.16. The first-order valence-electron chi connectivity index (χ1n) is 24.1. The Kier molecular flexibility index (Phi) is 9.75. The zero-order valence-corrected chi connectivity index (χ0v) is 40.8. The number of hydrogen-bond donors (Lipinski definition) is 0. The molecule has 68 heavy (non-hydrogen) atoms. The van der Waals surface area contributed by atoms with Gasteiger partial charge in [0.25, 0.3) is 0 Å². The monoisotopic (exact) mass is 896 g/mol. The highest BCUT2D eigenvalue weighted by Crippen LogP contribution is 2.43. The molecule has 0 saturated heterocycles. The average molecular weight is 897 g/mol. The molecule has 332 valence electrons. The highest BCUT2D eigenvalue weighted by Gasteiger charge is 2.49. The van der Waals surface area contributed by atoms with E-state index in [9.17, 15) is 0 Å². The molecule has 5 heteroatoms. The lowest BCUT2D eigenvalue weighted by Crippen LogP contribution is -2.73. The van der Waals surface area contributed by atoms with Crippen LogP contribution >= 0.6 is 0 Å². The van der Waals surface area contributed by atoms with Crippen LogP contribution in [-0.2, 0) is 17.4 Å². The molecule has 0 unspecified atom stereocenters. The normalized spacial score (nSPS) is 14.1. The number of nitrogens with zero attached hydrogens (tertiary/aromatic N) is 4. The highest BCUT2D eigenvalue weighted by atomic mass is 28.3. The second-order valence-electron chi connectivity index (χ2n) is 20.9. The zero-order chi connectivity index (χ0) is 46.4. The van der Waals surface area contributed by atoms with Crippen molar-refractivity contribution in [2.45, 2.75) is 58.9 Å². The predicted molar refractivity (Wildman–Crippen MR) is 290 cm³/mol. The molecule has 12 rings (SSSR count). The smallest absolute Gasteiger partial charge is 0.181 e. The van der Waals surface area contributed by atoms with Crippen molar-refractivity contribution >= 4 is 67.7 Å². The van der Waals surface area contributed by atoms with E-state index in [2.05, 4.69) is 256 Å². The Bertz CT molecular complexity index is 3510. The third kappa shape index (κ3) is 6.74. The van der Waals surface area contributed by atoms with Crippen LogP contribution in [0.15, 0.2) is 206 Å². The van der Waals surface area contributed by atoms with Crippen molar-refractivity contribution in [2.75, 3.05) is 16.5 Å². The lowest BCUT2D eigenvalue weighted by Gasteiger charge is -2.34. The summed E-state index contributed by atoms with van der Waals surface area (Å²) in [6.45, 7) is 15.6. The van der Waals surface area contributed by atoms with Gasteiger partial charge in [-0.3, -0.25) is 4.57 Å². The lowest BCUT2D eigenvalue weighted by atomic mass is 9.87. The van der Waals surface area contributed by atoms with Gasteiger partial charge in [0.1, 0.15) is 5.82 Å². The van der Waals surface area contributed by atoms with Crippen molar-refractivity contribution < 1.29 is 0 Å². The predicted octanol–water partition coefficient (Wildman–Crippen LogP) is 12.9. The molecule has 0 atom stereocenters. The minimum atomic E-state index is -3.06. The molecule has 4 heterocycles. The summed E-state index contributed by atoms with van der Waals surface area (Å²) in [6.07, 6.45) is 1.99. The van der Waals surface area contributed by atoms with Crippen LogP contribution in [0.4, 0.5) is 17.1 Å². The van der Waals surface area contributed by atoms with Crippen LogP contribution in [0.5, 0.6) is 0 Å². The minimum Gasteiger partial charge on any atom is -0.347 e. The van der Waals surface area contributed by atoms with Crippen LogP contribution in [0.2, 0.25) is 0 Å². The van der Waals surface area contributed by atoms with E-state index in [-0.39, 0.29) is 10.8 Å². The molecule has 0 aliphatic carbocycles. The van der Waals surface area contributed by atoms with Gasteiger partial charge in [-0.15, -0.1) is 0 Å². The molecule has 0 spiro atoms. The number of pyridine rings is 1. The van der Waals surface area contributed by atoms with E-state index in [0.717, 1.165) is 24.5 Å². The third-order valence-electron chi connectivity index (χ3n) is 14.7. The Morgan fingerprint density at radius 2 is 1.13 bits per heavy atom. The Balaban J connectivity index is 1.14. The summed E-state index contributed by atoms with van der Waals surface area (Å²) in [5, 5.41) is 8.09. The standard InChI is InChI=1S/C63H56N4Si/c1-62(2,3)46-33-34-64-61(38-46)67-55-32-29-45(44-21-11-8-12-22-44)35-54(55)51-31-30-49(40-58(51)67)68(59-27-17-13-23-52(59)53-24-14-18-28-60(53)68)50-37-47(63(4,5)6)36-48(39-50)66-42-65(41-43-19-9-7-10-20-43)56-25-15-16-26-57(56)66/h7-40H,41-42H2,1-6H3. The van der Waals surface area contributed by atoms with Crippen LogP contribution in [0.3, 0.4) is 0 Å². The molecule has 0 fully saturated rings. The number of para-hydroxylation sites is 2. The Hall–Kier alpha value is -7.47. The van der Waals surface area contributed by atoms with Gasteiger partial charge in [0, 0.05) is 29.2 Å². The quantitative estimate of drug-likeness (QED) is 0.149. The van der Waals surface area contributed by atoms with Crippen molar-refractivity contribution in [3.8, 4) is 28.1 Å². The molecular formula is C63H56N4Si. The Morgan fingerprint density at radius 1 is 0.485 bits per heavy atom. The molecule has 2 aliphatic heterocycles. The number of rotatable bonds is 7. The van der Waals surface area contributed by atoms with Gasteiger partial charge in [0.05, 0.1) is 29.1 Å². The third-order valence-corrected chi connectivity index (χ3v) is 19.5. The second-order valence-corrected chi connectivity index (χ2v) is 24.7. The van der Waals surface area contributed by atoms with E-state index >= 15 is 0 Å². The summed E-state index contributed by atoms with van der Waals surface area (Å²) >= 11 is 0. The Morgan fingerprint density at radius 3 is 1.84 bits per heavy atom. The molecule has 2 aromatic heterocycles. The van der Waals surface area contributed by atoms with E-state index in [1.54, 1.807) is 0 Å². The van der Waals surface area contributed by atoms with Crippen molar-refractivity contribution in [3.05, 3.63) is 223 Å². The Labute approximate surface area is 401 Å². The van der Waals surface area contributed by atoms with Crippen molar-refractivity contribution in [1.82, 2.24) is 9.55 Å². The van der Waals surface area contributed by atoms with Gasteiger partial charge in [-0.25, -0.2) is 4.98 Å². The van der Waals surface area contributed by atoms with E-state index in [1.165, 1.54) is 93.0 Å². The summed E-state index contributed by atoms with van der Waals surface area (Å²) in [5.41, 5.74) is 14.9. The summed E-state index contributed by atoms with van der Waals surface area (Å²) in [5.74, 6) is 0.940. The van der Waals surface area contributed by atoms with Gasteiger partial charge in [-0.1, -0.05) is 187 Å². The molecular weight excluding hydrogens is 841 g/mol.